The Balaban J connectivity index is 1.25. The molecule has 160 valence electrons. The second kappa shape index (κ2) is 7.90. The van der Waals surface area contributed by atoms with Gasteiger partial charge in [-0.1, -0.05) is 0 Å². The molecule has 2 atom stereocenters. The Morgan fingerprint density at radius 1 is 1.27 bits per heavy atom. The molecule has 1 aromatic heterocycles. The van der Waals surface area contributed by atoms with E-state index in [1.54, 1.807) is 16.7 Å². The molecule has 1 N–H and O–H groups in total. The number of anilines is 1. The van der Waals surface area contributed by atoms with Crippen LogP contribution in [-0.2, 0) is 20.9 Å². The minimum Gasteiger partial charge on any atom is -0.379 e. The number of rotatable bonds is 5. The van der Waals surface area contributed by atoms with Gasteiger partial charge in [0.15, 0.2) is 0 Å². The first-order chi connectivity index (χ1) is 14.5. The van der Waals surface area contributed by atoms with Gasteiger partial charge in [-0.2, -0.15) is 0 Å². The first-order valence-electron chi connectivity index (χ1n) is 10.7. The summed E-state index contributed by atoms with van der Waals surface area (Å²) in [6.45, 7) is 7.63. The summed E-state index contributed by atoms with van der Waals surface area (Å²) >= 11 is 1.72. The van der Waals surface area contributed by atoms with Crippen molar-refractivity contribution in [2.75, 3.05) is 43.9 Å². The number of fused-ring (bicyclic) bond motifs is 2. The van der Waals surface area contributed by atoms with Crippen LogP contribution in [-0.4, -0.2) is 75.7 Å². The van der Waals surface area contributed by atoms with Crippen LogP contribution in [0.2, 0.25) is 0 Å². The van der Waals surface area contributed by atoms with Gasteiger partial charge in [-0.15, -0.1) is 11.8 Å². The maximum Gasteiger partial charge on any atom is 0.248 e. The Hall–Kier alpha value is -2.03. The number of hydrogen-bond acceptors (Lipinski definition) is 5. The van der Waals surface area contributed by atoms with E-state index in [1.165, 1.54) is 5.52 Å². The van der Waals surface area contributed by atoms with Gasteiger partial charge in [0.05, 0.1) is 18.1 Å². The molecule has 30 heavy (non-hydrogen) atoms. The summed E-state index contributed by atoms with van der Waals surface area (Å²) < 4.78 is 7.68. The molecule has 1 aromatic carbocycles. The molecule has 5 rings (SSSR count). The summed E-state index contributed by atoms with van der Waals surface area (Å²) in [7, 11) is 0. The number of ether oxygens (including phenoxy) is 1. The van der Waals surface area contributed by atoms with Gasteiger partial charge in [0, 0.05) is 61.1 Å². The van der Waals surface area contributed by atoms with Crippen LogP contribution < -0.4 is 5.32 Å². The van der Waals surface area contributed by atoms with Gasteiger partial charge in [0.2, 0.25) is 11.8 Å². The molecule has 8 heteroatoms. The van der Waals surface area contributed by atoms with Gasteiger partial charge in [0.25, 0.3) is 0 Å². The number of morpholine rings is 1. The van der Waals surface area contributed by atoms with Crippen molar-refractivity contribution in [2.24, 2.45) is 0 Å². The number of nitrogens with zero attached hydrogens (tertiary/aromatic N) is 3. The highest BCUT2D eigenvalue weighted by atomic mass is 32.2. The number of benzene rings is 1. The van der Waals surface area contributed by atoms with E-state index in [1.807, 2.05) is 12.1 Å². The average Bonchev–Trinajstić information content (AvgIpc) is 3.40. The molecule has 2 amide bonds. The molecule has 4 heterocycles. The Morgan fingerprint density at radius 3 is 2.93 bits per heavy atom. The fourth-order valence-corrected chi connectivity index (χ4v) is 6.22. The fraction of sp³-hybridized carbons (Fsp3) is 0.545. The van der Waals surface area contributed by atoms with Gasteiger partial charge in [-0.25, -0.2) is 0 Å². The third-order valence-corrected chi connectivity index (χ3v) is 8.05. The molecule has 0 saturated carbocycles. The number of carbonyl (C=O) groups is 2. The first kappa shape index (κ1) is 19.9. The van der Waals surface area contributed by atoms with E-state index in [2.05, 4.69) is 40.0 Å². The Bertz CT molecular complexity index is 970. The largest absolute Gasteiger partial charge is 0.379 e. The number of hydrogen-bond donors (Lipinski definition) is 1. The monoisotopic (exact) mass is 428 g/mol. The van der Waals surface area contributed by atoms with Crippen molar-refractivity contribution in [1.29, 1.82) is 0 Å². The molecule has 2 aromatic rings. The van der Waals surface area contributed by atoms with Crippen LogP contribution in [0.5, 0.6) is 0 Å². The highest BCUT2D eigenvalue weighted by Crippen LogP contribution is 2.47. The van der Waals surface area contributed by atoms with E-state index in [4.69, 9.17) is 4.74 Å². The van der Waals surface area contributed by atoms with Crippen molar-refractivity contribution < 1.29 is 14.3 Å². The topological polar surface area (TPSA) is 66.8 Å². The van der Waals surface area contributed by atoms with Crippen LogP contribution in [0.1, 0.15) is 19.8 Å². The van der Waals surface area contributed by atoms with Crippen molar-refractivity contribution >= 4 is 40.2 Å². The predicted octanol–water partition coefficient (Wildman–Crippen LogP) is 2.37. The fourth-order valence-electron chi connectivity index (χ4n) is 4.79. The third-order valence-electron chi connectivity index (χ3n) is 6.55. The van der Waals surface area contributed by atoms with Crippen molar-refractivity contribution in [2.45, 2.75) is 37.2 Å². The molecular formula is C22H28N4O3S. The number of amides is 2. The van der Waals surface area contributed by atoms with Gasteiger partial charge in [0.1, 0.15) is 6.04 Å². The molecule has 0 aliphatic carbocycles. The van der Waals surface area contributed by atoms with Gasteiger partial charge < -0.3 is 19.5 Å². The average molecular weight is 429 g/mol. The predicted molar refractivity (Wildman–Crippen MR) is 119 cm³/mol. The lowest BCUT2D eigenvalue weighted by Gasteiger charge is -2.29. The molecule has 7 nitrogen and oxygen atoms in total. The lowest BCUT2D eigenvalue weighted by Crippen LogP contribution is -2.48. The van der Waals surface area contributed by atoms with Gasteiger partial charge in [-0.05, 0) is 37.6 Å². The highest BCUT2D eigenvalue weighted by Gasteiger charge is 2.52. The van der Waals surface area contributed by atoms with Crippen LogP contribution >= 0.6 is 11.8 Å². The lowest BCUT2D eigenvalue weighted by atomic mass is 10.2. The minimum absolute atomic E-state index is 0.0902. The standard InChI is InChI=1S/C22H28N4O3S/c1-22-6-4-20(27)26(22)19(15-30-22)21(28)23-17-2-3-18-16(14-17)5-7-25(18)9-8-24-10-12-29-13-11-24/h2-3,5,7,14,19H,4,6,8-13,15H2,1H3,(H,23,28). The van der Waals surface area contributed by atoms with E-state index >= 15 is 0 Å². The number of nitrogens with one attached hydrogen (secondary N) is 1. The van der Waals surface area contributed by atoms with E-state index in [0.717, 1.165) is 56.9 Å². The molecule has 0 bridgehead atoms. The first-order valence-corrected chi connectivity index (χ1v) is 11.7. The SMILES string of the molecule is CC12CCC(=O)N1C(C(=O)Nc1ccc3c(ccn3CCN3CCOCC3)c1)CS2. The summed E-state index contributed by atoms with van der Waals surface area (Å²) in [5.74, 6) is 0.664. The van der Waals surface area contributed by atoms with E-state index in [-0.39, 0.29) is 22.7 Å². The summed E-state index contributed by atoms with van der Waals surface area (Å²) in [6.07, 6.45) is 3.47. The number of thioether (sulfide) groups is 1. The van der Waals surface area contributed by atoms with Crippen LogP contribution in [0.25, 0.3) is 10.9 Å². The summed E-state index contributed by atoms with van der Waals surface area (Å²) in [5, 5.41) is 4.15. The maximum absolute atomic E-state index is 12.9. The molecule has 0 radical (unpaired) electrons. The van der Waals surface area contributed by atoms with Crippen molar-refractivity contribution in [3.63, 3.8) is 0 Å². The zero-order chi connectivity index (χ0) is 20.7. The third kappa shape index (κ3) is 3.61. The van der Waals surface area contributed by atoms with Crippen molar-refractivity contribution in [1.82, 2.24) is 14.4 Å². The quantitative estimate of drug-likeness (QED) is 0.792. The summed E-state index contributed by atoms with van der Waals surface area (Å²) in [6, 6.07) is 7.75. The Labute approximate surface area is 180 Å². The zero-order valence-corrected chi connectivity index (χ0v) is 18.1. The van der Waals surface area contributed by atoms with E-state index < -0.39 is 0 Å². The number of carbonyl (C=O) groups excluding carboxylic acids is 2. The van der Waals surface area contributed by atoms with Crippen LogP contribution in [0.15, 0.2) is 30.5 Å². The molecule has 0 spiro atoms. The Morgan fingerprint density at radius 2 is 2.10 bits per heavy atom. The second-order valence-electron chi connectivity index (χ2n) is 8.49. The van der Waals surface area contributed by atoms with Crippen LogP contribution in [0.3, 0.4) is 0 Å². The molecule has 3 saturated heterocycles. The molecular weight excluding hydrogens is 400 g/mol. The smallest absolute Gasteiger partial charge is 0.248 e. The summed E-state index contributed by atoms with van der Waals surface area (Å²) in [4.78, 5) is 29.2. The lowest BCUT2D eigenvalue weighted by molar-refractivity contribution is -0.135. The molecule has 3 fully saturated rings. The summed E-state index contributed by atoms with van der Waals surface area (Å²) in [5.41, 5.74) is 1.95. The van der Waals surface area contributed by atoms with Crippen molar-refractivity contribution in [3.05, 3.63) is 30.5 Å². The Kier molecular flexibility index (Phi) is 5.24. The molecule has 3 aliphatic heterocycles. The maximum atomic E-state index is 12.9. The zero-order valence-electron chi connectivity index (χ0n) is 17.3. The van der Waals surface area contributed by atoms with E-state index in [9.17, 15) is 9.59 Å². The van der Waals surface area contributed by atoms with Gasteiger partial charge >= 0.3 is 0 Å². The van der Waals surface area contributed by atoms with Crippen molar-refractivity contribution in [3.8, 4) is 0 Å². The second-order valence-corrected chi connectivity index (χ2v) is 9.99. The van der Waals surface area contributed by atoms with Crippen LogP contribution in [0.4, 0.5) is 5.69 Å². The minimum atomic E-state index is -0.385. The molecule has 2 unspecified atom stereocenters. The van der Waals surface area contributed by atoms with Gasteiger partial charge in [-0.3, -0.25) is 14.5 Å². The number of aromatic nitrogens is 1. The van der Waals surface area contributed by atoms with Crippen LogP contribution in [0, 0.1) is 0 Å². The molecule has 3 aliphatic rings. The highest BCUT2D eigenvalue weighted by molar-refractivity contribution is 8.01. The normalized spacial score (nSPS) is 27.0. The van der Waals surface area contributed by atoms with E-state index in [0.29, 0.717) is 12.2 Å².